The van der Waals surface area contributed by atoms with Crippen LogP contribution in [0.25, 0.3) is 0 Å². The van der Waals surface area contributed by atoms with Gasteiger partial charge in [0.25, 0.3) is 0 Å². The lowest BCUT2D eigenvalue weighted by Gasteiger charge is -2.22. The van der Waals surface area contributed by atoms with Crippen LogP contribution in [0.4, 0.5) is 5.13 Å². The maximum atomic E-state index is 11.7. The number of nitrogens with zero attached hydrogens (tertiary/aromatic N) is 1. The van der Waals surface area contributed by atoms with Crippen molar-refractivity contribution in [3.8, 4) is 0 Å². The molecule has 1 atom stereocenters. The summed E-state index contributed by atoms with van der Waals surface area (Å²) >= 11 is 3.01. The van der Waals surface area contributed by atoms with Crippen molar-refractivity contribution in [2.75, 3.05) is 30.0 Å². The van der Waals surface area contributed by atoms with E-state index in [0.29, 0.717) is 17.5 Å². The van der Waals surface area contributed by atoms with Crippen molar-refractivity contribution >= 4 is 34.1 Å². The summed E-state index contributed by atoms with van der Waals surface area (Å²) in [5.41, 5.74) is 0.929. The van der Waals surface area contributed by atoms with Crippen molar-refractivity contribution < 1.29 is 14.3 Å². The molecule has 1 amide bonds. The molecular weight excluding hydrogens is 296 g/mol. The van der Waals surface area contributed by atoms with Gasteiger partial charge in [-0.1, -0.05) is 0 Å². The summed E-state index contributed by atoms with van der Waals surface area (Å²) in [7, 11) is 0. The number of rotatable bonds is 7. The van der Waals surface area contributed by atoms with Crippen molar-refractivity contribution in [2.45, 2.75) is 32.5 Å². The number of hydrogen-bond donors (Lipinski definition) is 1. The van der Waals surface area contributed by atoms with Gasteiger partial charge in [0.1, 0.15) is 0 Å². The zero-order valence-corrected chi connectivity index (χ0v) is 13.2. The quantitative estimate of drug-likeness (QED) is 0.784. The molecule has 0 radical (unpaired) electrons. The number of thioether (sulfide) groups is 1. The molecule has 1 N–H and O–H groups in total. The van der Waals surface area contributed by atoms with Crippen LogP contribution in [-0.2, 0) is 14.3 Å². The van der Waals surface area contributed by atoms with Crippen LogP contribution in [0.5, 0.6) is 0 Å². The van der Waals surface area contributed by atoms with Crippen LogP contribution in [0.15, 0.2) is 5.38 Å². The lowest BCUT2D eigenvalue weighted by Crippen LogP contribution is -2.23. The van der Waals surface area contributed by atoms with Gasteiger partial charge < -0.3 is 14.8 Å². The number of ether oxygens (including phenoxy) is 2. The van der Waals surface area contributed by atoms with Crippen LogP contribution in [-0.4, -0.2) is 41.9 Å². The van der Waals surface area contributed by atoms with Crippen molar-refractivity contribution in [2.24, 2.45) is 0 Å². The number of carbonyl (C=O) groups is 1. The van der Waals surface area contributed by atoms with Gasteiger partial charge in [0.2, 0.25) is 5.91 Å². The first-order valence-corrected chi connectivity index (χ1v) is 8.80. The zero-order valence-electron chi connectivity index (χ0n) is 11.6. The van der Waals surface area contributed by atoms with Gasteiger partial charge in [-0.3, -0.25) is 4.79 Å². The average molecular weight is 316 g/mol. The minimum Gasteiger partial charge on any atom is -0.353 e. The number of anilines is 1. The highest BCUT2D eigenvalue weighted by atomic mass is 32.2. The van der Waals surface area contributed by atoms with Crippen molar-refractivity contribution in [1.29, 1.82) is 0 Å². The van der Waals surface area contributed by atoms with Crippen molar-refractivity contribution in [1.82, 2.24) is 4.98 Å². The standard InChI is InChI=1S/C13H20N2O3S2/c1-10-8-20-13(14-10)15-11(16)9-19-7-6-18-12-4-2-3-5-17-12/h8,12H,2-7,9H2,1H3,(H,14,15,16)/t12-/m1/s1. The number of aryl methyl sites for hydroxylation is 1. The van der Waals surface area contributed by atoms with Crippen molar-refractivity contribution in [3.63, 3.8) is 0 Å². The molecule has 0 spiro atoms. The Bertz CT molecular complexity index is 420. The molecule has 0 aromatic carbocycles. The van der Waals surface area contributed by atoms with Gasteiger partial charge in [0, 0.05) is 17.7 Å². The second kappa shape index (κ2) is 8.61. The lowest BCUT2D eigenvalue weighted by atomic mass is 10.2. The first-order chi connectivity index (χ1) is 9.74. The number of thiazole rings is 1. The summed E-state index contributed by atoms with van der Waals surface area (Å²) in [5.74, 6) is 1.20. The van der Waals surface area contributed by atoms with E-state index >= 15 is 0 Å². The predicted molar refractivity (Wildman–Crippen MR) is 82.3 cm³/mol. The third-order valence-corrected chi connectivity index (χ3v) is 4.57. The van der Waals surface area contributed by atoms with E-state index in [1.165, 1.54) is 17.8 Å². The number of nitrogens with one attached hydrogen (secondary N) is 1. The van der Waals surface area contributed by atoms with Gasteiger partial charge in [-0.2, -0.15) is 0 Å². The first-order valence-electron chi connectivity index (χ1n) is 6.77. The largest absolute Gasteiger partial charge is 0.353 e. The topological polar surface area (TPSA) is 60.5 Å². The summed E-state index contributed by atoms with van der Waals surface area (Å²) in [6, 6.07) is 0. The Morgan fingerprint density at radius 1 is 1.65 bits per heavy atom. The highest BCUT2D eigenvalue weighted by Crippen LogP contribution is 2.16. The highest BCUT2D eigenvalue weighted by Gasteiger charge is 2.13. The van der Waals surface area contributed by atoms with Crippen LogP contribution in [0.1, 0.15) is 25.0 Å². The molecule has 112 valence electrons. The van der Waals surface area contributed by atoms with Gasteiger partial charge in [0.15, 0.2) is 11.4 Å². The van der Waals surface area contributed by atoms with Crippen LogP contribution in [0, 0.1) is 6.92 Å². The van der Waals surface area contributed by atoms with Crippen molar-refractivity contribution in [3.05, 3.63) is 11.1 Å². The molecule has 0 aliphatic carbocycles. The molecule has 1 aliphatic rings. The molecular formula is C13H20N2O3S2. The molecule has 1 aromatic heterocycles. The van der Waals surface area contributed by atoms with Gasteiger partial charge in [-0.05, 0) is 26.2 Å². The van der Waals surface area contributed by atoms with Gasteiger partial charge >= 0.3 is 0 Å². The molecule has 5 nitrogen and oxygen atoms in total. The molecule has 1 saturated heterocycles. The SMILES string of the molecule is Cc1csc(NC(=O)CSCCO[C@@H]2CCCCO2)n1. The fraction of sp³-hybridized carbons (Fsp3) is 0.692. The molecule has 7 heteroatoms. The molecule has 2 heterocycles. The summed E-state index contributed by atoms with van der Waals surface area (Å²) in [5, 5.41) is 5.37. The summed E-state index contributed by atoms with van der Waals surface area (Å²) in [6.45, 7) is 3.33. The second-order valence-corrected chi connectivity index (χ2v) is 6.52. The molecule has 0 bridgehead atoms. The monoisotopic (exact) mass is 316 g/mol. The van der Waals surface area contributed by atoms with Gasteiger partial charge in [-0.25, -0.2) is 4.98 Å². The Balaban J connectivity index is 1.51. The fourth-order valence-electron chi connectivity index (χ4n) is 1.81. The summed E-state index contributed by atoms with van der Waals surface area (Å²) < 4.78 is 11.1. The normalized spacial score (nSPS) is 18.9. The third kappa shape index (κ3) is 5.78. The molecule has 20 heavy (non-hydrogen) atoms. The third-order valence-electron chi connectivity index (χ3n) is 2.77. The number of amides is 1. The maximum absolute atomic E-state index is 11.7. The predicted octanol–water partition coefficient (Wildman–Crippen LogP) is 2.67. The summed E-state index contributed by atoms with van der Waals surface area (Å²) in [4.78, 5) is 15.8. The molecule has 1 aliphatic heterocycles. The highest BCUT2D eigenvalue weighted by molar-refractivity contribution is 7.99. The Morgan fingerprint density at radius 3 is 3.25 bits per heavy atom. The Kier molecular flexibility index (Phi) is 6.78. The van der Waals surface area contributed by atoms with E-state index in [9.17, 15) is 4.79 Å². The van der Waals surface area contributed by atoms with E-state index < -0.39 is 0 Å². The number of aromatic nitrogens is 1. The molecule has 0 unspecified atom stereocenters. The fourth-order valence-corrected chi connectivity index (χ4v) is 3.13. The van der Waals surface area contributed by atoms with E-state index in [2.05, 4.69) is 10.3 Å². The van der Waals surface area contributed by atoms with E-state index in [1.807, 2.05) is 12.3 Å². The number of carbonyl (C=O) groups excluding carboxylic acids is 1. The van der Waals surface area contributed by atoms with Gasteiger partial charge in [-0.15, -0.1) is 23.1 Å². The minimum atomic E-state index is -0.0449. The zero-order chi connectivity index (χ0) is 14.2. The summed E-state index contributed by atoms with van der Waals surface area (Å²) in [6.07, 6.45) is 3.24. The Hall–Kier alpha value is -0.630. The van der Waals surface area contributed by atoms with Gasteiger partial charge in [0.05, 0.1) is 18.1 Å². The average Bonchev–Trinajstić information content (AvgIpc) is 2.85. The van der Waals surface area contributed by atoms with E-state index in [0.717, 1.165) is 30.9 Å². The van der Waals surface area contributed by atoms with E-state index in [1.54, 1.807) is 11.8 Å². The maximum Gasteiger partial charge on any atom is 0.236 e. The van der Waals surface area contributed by atoms with E-state index in [-0.39, 0.29) is 12.2 Å². The Morgan fingerprint density at radius 2 is 2.55 bits per heavy atom. The van der Waals surface area contributed by atoms with Crippen LogP contribution < -0.4 is 5.32 Å². The Labute approximate surface area is 127 Å². The van der Waals surface area contributed by atoms with E-state index in [4.69, 9.17) is 9.47 Å². The molecule has 2 rings (SSSR count). The first kappa shape index (κ1) is 15.8. The lowest BCUT2D eigenvalue weighted by molar-refractivity contribution is -0.158. The van der Waals surface area contributed by atoms with Crippen LogP contribution >= 0.6 is 23.1 Å². The number of hydrogen-bond acceptors (Lipinski definition) is 6. The minimum absolute atomic E-state index is 0.0155. The molecule has 1 aromatic rings. The van der Waals surface area contributed by atoms with Crippen LogP contribution in [0.3, 0.4) is 0 Å². The second-order valence-electron chi connectivity index (χ2n) is 4.56. The molecule has 0 saturated carbocycles. The van der Waals surface area contributed by atoms with Crippen LogP contribution in [0.2, 0.25) is 0 Å². The smallest absolute Gasteiger partial charge is 0.236 e. The molecule has 1 fully saturated rings.